The van der Waals surface area contributed by atoms with Crippen LogP contribution in [0.4, 0.5) is 0 Å². The molecular weight excluding hydrogens is 346 g/mol. The number of thiophene rings is 1. The number of amides is 1. The number of benzene rings is 1. The molecule has 1 aliphatic heterocycles. The summed E-state index contributed by atoms with van der Waals surface area (Å²) >= 11 is 1.62. The van der Waals surface area contributed by atoms with Gasteiger partial charge in [-0.1, -0.05) is 19.4 Å². The Labute approximate surface area is 159 Å². The third-order valence-electron chi connectivity index (χ3n) is 5.06. The normalized spacial score (nSPS) is 16.8. The lowest BCUT2D eigenvalue weighted by Gasteiger charge is -2.25. The molecule has 0 radical (unpaired) electrons. The summed E-state index contributed by atoms with van der Waals surface area (Å²) < 4.78 is 10.8. The van der Waals surface area contributed by atoms with Crippen molar-refractivity contribution >= 4 is 17.2 Å². The van der Waals surface area contributed by atoms with Crippen molar-refractivity contribution in [3.05, 3.63) is 45.1 Å². The van der Waals surface area contributed by atoms with Gasteiger partial charge in [0.25, 0.3) is 5.91 Å². The van der Waals surface area contributed by atoms with Crippen molar-refractivity contribution in [2.75, 3.05) is 20.8 Å². The fourth-order valence-electron chi connectivity index (χ4n) is 3.70. The Morgan fingerprint density at radius 2 is 2.00 bits per heavy atom. The molecule has 26 heavy (non-hydrogen) atoms. The molecule has 5 heteroatoms. The van der Waals surface area contributed by atoms with E-state index in [1.165, 1.54) is 10.4 Å². The Morgan fingerprint density at radius 1 is 1.23 bits per heavy atom. The Balaban J connectivity index is 1.86. The van der Waals surface area contributed by atoms with Crippen LogP contribution in [0, 0.1) is 6.92 Å². The van der Waals surface area contributed by atoms with Gasteiger partial charge in [-0.05, 0) is 55.5 Å². The zero-order valence-electron chi connectivity index (χ0n) is 16.0. The number of rotatable bonds is 6. The summed E-state index contributed by atoms with van der Waals surface area (Å²) in [6.07, 6.45) is 4.14. The van der Waals surface area contributed by atoms with Crippen molar-refractivity contribution < 1.29 is 14.3 Å². The second-order valence-electron chi connectivity index (χ2n) is 6.71. The summed E-state index contributed by atoms with van der Waals surface area (Å²) in [5, 5.41) is 0. The number of hydrogen-bond donors (Lipinski definition) is 0. The van der Waals surface area contributed by atoms with E-state index in [2.05, 4.69) is 19.9 Å². The Kier molecular flexibility index (Phi) is 5.87. The van der Waals surface area contributed by atoms with Gasteiger partial charge in [-0.3, -0.25) is 4.79 Å². The van der Waals surface area contributed by atoms with Gasteiger partial charge in [0.15, 0.2) is 11.5 Å². The van der Waals surface area contributed by atoms with Crippen LogP contribution >= 0.6 is 11.3 Å². The number of methoxy groups -OCH3 is 2. The van der Waals surface area contributed by atoms with Gasteiger partial charge < -0.3 is 14.4 Å². The molecule has 2 aromatic rings. The summed E-state index contributed by atoms with van der Waals surface area (Å²) in [6.45, 7) is 5.09. The number of nitrogens with zero attached hydrogens (tertiary/aromatic N) is 1. The highest BCUT2D eigenvalue weighted by atomic mass is 32.1. The quantitative estimate of drug-likeness (QED) is 0.715. The number of likely N-dealkylation sites (tertiary alicyclic amines) is 1. The molecule has 1 atom stereocenters. The first-order valence-electron chi connectivity index (χ1n) is 9.21. The van der Waals surface area contributed by atoms with Crippen molar-refractivity contribution in [2.24, 2.45) is 0 Å². The van der Waals surface area contributed by atoms with Crippen LogP contribution in [0.25, 0.3) is 0 Å². The largest absolute Gasteiger partial charge is 0.493 e. The summed E-state index contributed by atoms with van der Waals surface area (Å²) in [6, 6.07) is 8.15. The monoisotopic (exact) mass is 373 g/mol. The van der Waals surface area contributed by atoms with Gasteiger partial charge >= 0.3 is 0 Å². The van der Waals surface area contributed by atoms with E-state index in [0.717, 1.165) is 42.7 Å². The van der Waals surface area contributed by atoms with Crippen LogP contribution in [0.1, 0.15) is 57.9 Å². The lowest BCUT2D eigenvalue weighted by molar-refractivity contribution is 0.0740. The third-order valence-corrected chi connectivity index (χ3v) is 6.14. The molecule has 1 aromatic heterocycles. The maximum Gasteiger partial charge on any atom is 0.264 e. The van der Waals surface area contributed by atoms with Crippen molar-refractivity contribution in [1.82, 2.24) is 4.90 Å². The maximum atomic E-state index is 13.2. The molecule has 3 rings (SSSR count). The Morgan fingerprint density at radius 3 is 2.69 bits per heavy atom. The molecule has 0 bridgehead atoms. The summed E-state index contributed by atoms with van der Waals surface area (Å²) in [5.74, 6) is 1.57. The van der Waals surface area contributed by atoms with E-state index in [0.29, 0.717) is 11.5 Å². The van der Waals surface area contributed by atoms with Crippen molar-refractivity contribution in [2.45, 2.75) is 45.6 Å². The highest BCUT2D eigenvalue weighted by Crippen LogP contribution is 2.38. The molecule has 1 amide bonds. The minimum Gasteiger partial charge on any atom is -0.493 e. The average molecular weight is 374 g/mol. The SMILES string of the molecule is CCCc1cc(C(=O)N2CCC[C@@H]2c2ccc(OC)c(OC)c2)sc1C. The lowest BCUT2D eigenvalue weighted by atomic mass is 10.0. The molecule has 0 saturated carbocycles. The molecule has 1 aromatic carbocycles. The fraction of sp³-hybridized carbons (Fsp3) is 0.476. The van der Waals surface area contributed by atoms with Gasteiger partial charge in [0.2, 0.25) is 0 Å². The van der Waals surface area contributed by atoms with Gasteiger partial charge in [-0.2, -0.15) is 0 Å². The third kappa shape index (κ3) is 3.58. The van der Waals surface area contributed by atoms with Crippen LogP contribution in [-0.4, -0.2) is 31.6 Å². The maximum absolute atomic E-state index is 13.2. The summed E-state index contributed by atoms with van der Waals surface area (Å²) in [4.78, 5) is 17.3. The molecule has 0 N–H and O–H groups in total. The van der Waals surface area contributed by atoms with E-state index in [4.69, 9.17) is 9.47 Å². The Bertz CT molecular complexity index is 784. The van der Waals surface area contributed by atoms with Crippen LogP contribution in [-0.2, 0) is 6.42 Å². The predicted octanol–water partition coefficient (Wildman–Crippen LogP) is 5.00. The molecule has 1 aliphatic rings. The van der Waals surface area contributed by atoms with Gasteiger partial charge in [0.1, 0.15) is 0 Å². The predicted molar refractivity (Wildman–Crippen MR) is 106 cm³/mol. The van der Waals surface area contributed by atoms with Gasteiger partial charge in [0.05, 0.1) is 25.1 Å². The highest BCUT2D eigenvalue weighted by molar-refractivity contribution is 7.14. The summed E-state index contributed by atoms with van der Waals surface area (Å²) in [7, 11) is 3.28. The number of hydrogen-bond acceptors (Lipinski definition) is 4. The molecule has 1 saturated heterocycles. The minimum absolute atomic E-state index is 0.0966. The second kappa shape index (κ2) is 8.12. The van der Waals surface area contributed by atoms with Crippen LogP contribution in [0.5, 0.6) is 11.5 Å². The molecule has 140 valence electrons. The van der Waals surface area contributed by atoms with E-state index in [1.54, 1.807) is 25.6 Å². The minimum atomic E-state index is 0.0966. The molecule has 2 heterocycles. The highest BCUT2D eigenvalue weighted by Gasteiger charge is 2.32. The lowest BCUT2D eigenvalue weighted by Crippen LogP contribution is -2.30. The van der Waals surface area contributed by atoms with E-state index in [1.807, 2.05) is 23.1 Å². The van der Waals surface area contributed by atoms with Crippen LogP contribution in [0.15, 0.2) is 24.3 Å². The van der Waals surface area contributed by atoms with E-state index in [-0.39, 0.29) is 11.9 Å². The van der Waals surface area contributed by atoms with Crippen molar-refractivity contribution in [3.63, 3.8) is 0 Å². The Hall–Kier alpha value is -2.01. The smallest absolute Gasteiger partial charge is 0.264 e. The standard InChI is InChI=1S/C21H27NO3S/c1-5-7-15-13-20(26-14(15)2)21(23)22-11-6-8-17(22)16-9-10-18(24-3)19(12-16)25-4/h9-10,12-13,17H,5-8,11H2,1-4H3/t17-/m1/s1. The van der Waals surface area contributed by atoms with Gasteiger partial charge in [-0.15, -0.1) is 11.3 Å². The molecule has 0 aliphatic carbocycles. The number of carbonyl (C=O) groups is 1. The molecular formula is C21H27NO3S. The van der Waals surface area contributed by atoms with Crippen molar-refractivity contribution in [3.8, 4) is 11.5 Å². The fourth-order valence-corrected chi connectivity index (χ4v) is 4.73. The topological polar surface area (TPSA) is 38.8 Å². The first-order chi connectivity index (χ1) is 12.6. The second-order valence-corrected chi connectivity index (χ2v) is 7.97. The molecule has 0 spiro atoms. The van der Waals surface area contributed by atoms with Crippen LogP contribution in [0.2, 0.25) is 0 Å². The number of ether oxygens (including phenoxy) is 2. The molecule has 0 unspecified atom stereocenters. The molecule has 1 fully saturated rings. The zero-order chi connectivity index (χ0) is 18.7. The summed E-state index contributed by atoms with van der Waals surface area (Å²) in [5.41, 5.74) is 2.42. The number of carbonyl (C=O) groups excluding carboxylic acids is 1. The van der Waals surface area contributed by atoms with E-state index >= 15 is 0 Å². The van der Waals surface area contributed by atoms with Crippen LogP contribution < -0.4 is 9.47 Å². The van der Waals surface area contributed by atoms with Crippen LogP contribution in [0.3, 0.4) is 0 Å². The van der Waals surface area contributed by atoms with E-state index in [9.17, 15) is 4.79 Å². The zero-order valence-corrected chi connectivity index (χ0v) is 16.8. The average Bonchev–Trinajstić information content (AvgIpc) is 3.28. The molecule has 4 nitrogen and oxygen atoms in total. The first kappa shape index (κ1) is 18.8. The van der Waals surface area contributed by atoms with Gasteiger partial charge in [0, 0.05) is 11.4 Å². The number of aryl methyl sites for hydroxylation is 2. The van der Waals surface area contributed by atoms with Crippen molar-refractivity contribution in [1.29, 1.82) is 0 Å². The van der Waals surface area contributed by atoms with Gasteiger partial charge in [-0.25, -0.2) is 0 Å². The van der Waals surface area contributed by atoms with E-state index < -0.39 is 0 Å². The first-order valence-corrected chi connectivity index (χ1v) is 10.0.